The van der Waals surface area contributed by atoms with E-state index in [0.29, 0.717) is 0 Å². The molecule has 0 radical (unpaired) electrons. The van der Waals surface area contributed by atoms with E-state index in [-0.39, 0.29) is 17.0 Å². The number of rotatable bonds is 9. The first kappa shape index (κ1) is 26.7. The van der Waals surface area contributed by atoms with Crippen molar-refractivity contribution in [1.29, 1.82) is 0 Å². The summed E-state index contributed by atoms with van der Waals surface area (Å²) in [6, 6.07) is 50.3. The summed E-state index contributed by atoms with van der Waals surface area (Å²) in [5, 5.41) is 7.77. The third-order valence-corrected chi connectivity index (χ3v) is 11.0. The maximum Gasteiger partial charge on any atom is 0.119 e. The highest BCUT2D eigenvalue weighted by molar-refractivity contribution is 7.95. The van der Waals surface area contributed by atoms with E-state index in [4.69, 9.17) is 4.74 Å². The van der Waals surface area contributed by atoms with Crippen LogP contribution in [0, 0.1) is 0 Å². The van der Waals surface area contributed by atoms with Crippen LogP contribution in [0.15, 0.2) is 140 Å². The van der Waals surface area contributed by atoms with Crippen LogP contribution in [0.1, 0.15) is 11.1 Å². The van der Waals surface area contributed by atoms with Gasteiger partial charge >= 0.3 is 0 Å². The lowest BCUT2D eigenvalue weighted by Gasteiger charge is -2.28. The number of halogens is 1. The van der Waals surface area contributed by atoms with Gasteiger partial charge in [-0.15, -0.1) is 0 Å². The molecule has 0 atom stereocenters. The molecule has 0 aliphatic rings. The molecule has 0 aliphatic heterocycles. The van der Waals surface area contributed by atoms with Gasteiger partial charge in [-0.2, -0.15) is 0 Å². The summed E-state index contributed by atoms with van der Waals surface area (Å²) in [6.45, 7) is 0.771. The van der Waals surface area contributed by atoms with Gasteiger partial charge < -0.3 is 27.0 Å². The highest BCUT2D eigenvalue weighted by atomic mass is 79.9. The summed E-state index contributed by atoms with van der Waals surface area (Å²) in [5.74, 6) is 0.866. The predicted molar refractivity (Wildman–Crippen MR) is 156 cm³/mol. The number of methoxy groups -OCH3 is 1. The van der Waals surface area contributed by atoms with Crippen LogP contribution >= 0.6 is 7.26 Å². The summed E-state index contributed by atoms with van der Waals surface area (Å²) in [6.07, 6.45) is 0.974. The van der Waals surface area contributed by atoms with Gasteiger partial charge in [0.05, 0.1) is 13.3 Å². The molecule has 0 amide bonds. The Hall–Kier alpha value is -3.39. The average Bonchev–Trinajstić information content (AvgIpc) is 2.97. The van der Waals surface area contributed by atoms with Crippen molar-refractivity contribution in [3.8, 4) is 5.75 Å². The number of anilines is 1. The van der Waals surface area contributed by atoms with Crippen LogP contribution < -0.4 is 42.9 Å². The van der Waals surface area contributed by atoms with E-state index in [1.165, 1.54) is 27.0 Å². The van der Waals surface area contributed by atoms with Crippen LogP contribution in [0.25, 0.3) is 0 Å². The van der Waals surface area contributed by atoms with Crippen molar-refractivity contribution in [2.45, 2.75) is 12.7 Å². The quantitative estimate of drug-likeness (QED) is 0.273. The van der Waals surface area contributed by atoms with Crippen molar-refractivity contribution in [2.75, 3.05) is 12.4 Å². The molecule has 5 aromatic carbocycles. The summed E-state index contributed by atoms with van der Waals surface area (Å²) >= 11 is 0. The zero-order chi connectivity index (χ0) is 24.6. The van der Waals surface area contributed by atoms with Crippen LogP contribution in [0.5, 0.6) is 5.75 Å². The standard InChI is InChI=1S/C33H31NOP.BrH/c1-35-30-22-20-29(21-23-30)34-25-27-12-11-13-28(24-27)26-36(31-14-5-2-6-15-31,32-16-7-3-8-17-32)33-18-9-4-10-19-33;/h2-24,34H,25-26H2,1H3;1H/q+1;/p-1. The van der Waals surface area contributed by atoms with E-state index in [1.807, 2.05) is 12.1 Å². The Labute approximate surface area is 231 Å². The number of hydrogen-bond donors (Lipinski definition) is 1. The first-order chi connectivity index (χ1) is 17.8. The minimum absolute atomic E-state index is 0. The van der Waals surface area contributed by atoms with Gasteiger partial charge in [0.2, 0.25) is 0 Å². The van der Waals surface area contributed by atoms with Gasteiger partial charge in [-0.25, -0.2) is 0 Å². The van der Waals surface area contributed by atoms with Crippen molar-refractivity contribution in [1.82, 2.24) is 0 Å². The van der Waals surface area contributed by atoms with Gasteiger partial charge in [0.1, 0.15) is 28.9 Å². The Bertz CT molecular complexity index is 1280. The van der Waals surface area contributed by atoms with Crippen molar-refractivity contribution < 1.29 is 21.7 Å². The molecule has 1 N–H and O–H groups in total. The molecule has 0 bridgehead atoms. The molecule has 0 unspecified atom stereocenters. The van der Waals surface area contributed by atoms with E-state index >= 15 is 0 Å². The Balaban J connectivity index is 0.00000320. The van der Waals surface area contributed by atoms with Crippen LogP contribution in [-0.4, -0.2) is 7.11 Å². The number of hydrogen-bond acceptors (Lipinski definition) is 2. The molecular weight excluding hydrogens is 537 g/mol. The lowest BCUT2D eigenvalue weighted by atomic mass is 10.1. The molecule has 5 aromatic rings. The monoisotopic (exact) mass is 567 g/mol. The molecule has 5 rings (SSSR count). The summed E-state index contributed by atoms with van der Waals surface area (Å²) in [7, 11) is -0.224. The molecule has 0 aliphatic carbocycles. The van der Waals surface area contributed by atoms with Gasteiger partial charge in [-0.1, -0.05) is 78.9 Å². The molecule has 0 fully saturated rings. The Morgan fingerprint density at radius 1 is 0.568 bits per heavy atom. The van der Waals surface area contributed by atoms with E-state index in [1.54, 1.807) is 7.11 Å². The smallest absolute Gasteiger partial charge is 0.119 e. The van der Waals surface area contributed by atoms with Gasteiger partial charge in [0.15, 0.2) is 0 Å². The minimum atomic E-state index is -1.92. The highest BCUT2D eigenvalue weighted by Crippen LogP contribution is 2.58. The van der Waals surface area contributed by atoms with Crippen molar-refractivity contribution in [3.63, 3.8) is 0 Å². The molecule has 37 heavy (non-hydrogen) atoms. The number of benzene rings is 5. The largest absolute Gasteiger partial charge is 1.00 e. The van der Waals surface area contributed by atoms with Crippen molar-refractivity contribution in [3.05, 3.63) is 151 Å². The van der Waals surface area contributed by atoms with Gasteiger partial charge in [0, 0.05) is 12.2 Å². The topological polar surface area (TPSA) is 21.3 Å². The lowest BCUT2D eigenvalue weighted by Crippen LogP contribution is -3.00. The zero-order valence-electron chi connectivity index (χ0n) is 20.9. The van der Waals surface area contributed by atoms with E-state index in [2.05, 4.69) is 133 Å². The van der Waals surface area contributed by atoms with Gasteiger partial charge in [0.25, 0.3) is 0 Å². The maximum atomic E-state index is 5.28. The Morgan fingerprint density at radius 2 is 1.05 bits per heavy atom. The minimum Gasteiger partial charge on any atom is -1.00 e. The van der Waals surface area contributed by atoms with E-state index < -0.39 is 7.26 Å². The summed E-state index contributed by atoms with van der Waals surface area (Å²) in [5.41, 5.74) is 3.71. The molecule has 186 valence electrons. The summed E-state index contributed by atoms with van der Waals surface area (Å²) in [4.78, 5) is 0. The molecule has 0 saturated heterocycles. The van der Waals surface area contributed by atoms with Gasteiger partial charge in [-0.3, -0.25) is 0 Å². The average molecular weight is 568 g/mol. The van der Waals surface area contributed by atoms with Crippen molar-refractivity contribution in [2.24, 2.45) is 0 Å². The second-order valence-electron chi connectivity index (χ2n) is 8.88. The zero-order valence-corrected chi connectivity index (χ0v) is 23.4. The van der Waals surface area contributed by atoms with Crippen LogP contribution in [0.4, 0.5) is 5.69 Å². The fourth-order valence-corrected chi connectivity index (χ4v) is 9.02. The molecule has 0 heterocycles. The second-order valence-corrected chi connectivity index (χ2v) is 12.4. The summed E-state index contributed by atoms with van der Waals surface area (Å²) < 4.78 is 5.28. The normalized spacial score (nSPS) is 10.8. The SMILES string of the molecule is COc1ccc(NCc2cccc(C[P+](c3ccccc3)(c3ccccc3)c3ccccc3)c2)cc1.[Br-]. The molecule has 4 heteroatoms. The maximum absolute atomic E-state index is 5.28. The molecular formula is C33H31BrNOP. The third kappa shape index (κ3) is 6.13. The number of ether oxygens (including phenoxy) is 1. The molecule has 0 aromatic heterocycles. The van der Waals surface area contributed by atoms with Crippen LogP contribution in [0.3, 0.4) is 0 Å². The Morgan fingerprint density at radius 3 is 1.54 bits per heavy atom. The van der Waals surface area contributed by atoms with E-state index in [9.17, 15) is 0 Å². The van der Waals surface area contributed by atoms with Gasteiger partial charge in [-0.05, 0) is 71.8 Å². The van der Waals surface area contributed by atoms with E-state index in [0.717, 1.165) is 24.1 Å². The Kier molecular flexibility index (Phi) is 9.17. The predicted octanol–water partition coefficient (Wildman–Crippen LogP) is 3.81. The molecule has 0 spiro atoms. The van der Waals surface area contributed by atoms with Crippen LogP contribution in [0.2, 0.25) is 0 Å². The fraction of sp³-hybridized carbons (Fsp3) is 0.0909. The number of nitrogens with one attached hydrogen (secondary N) is 1. The first-order valence-corrected chi connectivity index (χ1v) is 14.3. The lowest BCUT2D eigenvalue weighted by molar-refractivity contribution is -0.00000733. The fourth-order valence-electron chi connectivity index (χ4n) is 4.79. The highest BCUT2D eigenvalue weighted by Gasteiger charge is 2.45. The first-order valence-electron chi connectivity index (χ1n) is 12.3. The second kappa shape index (κ2) is 12.7. The third-order valence-electron chi connectivity index (χ3n) is 6.59. The van der Waals surface area contributed by atoms with Crippen molar-refractivity contribution >= 4 is 28.9 Å². The molecule has 0 saturated carbocycles. The molecule has 2 nitrogen and oxygen atoms in total. The van der Waals surface area contributed by atoms with Crippen LogP contribution in [-0.2, 0) is 12.7 Å².